The highest BCUT2D eigenvalue weighted by molar-refractivity contribution is 9.10. The van der Waals surface area contributed by atoms with Crippen LogP contribution in [0.15, 0.2) is 40.9 Å². The monoisotopic (exact) mass is 346 g/mol. The summed E-state index contributed by atoms with van der Waals surface area (Å²) < 4.78 is 6.42. The second-order valence-corrected chi connectivity index (χ2v) is 5.29. The molecule has 0 spiro atoms. The fourth-order valence-electron chi connectivity index (χ4n) is 1.40. The van der Waals surface area contributed by atoms with E-state index >= 15 is 0 Å². The number of halogens is 3. The topological polar surface area (TPSA) is 29.5 Å². The van der Waals surface area contributed by atoms with Crippen LogP contribution < -0.4 is 4.74 Å². The first kappa shape index (κ1) is 13.7. The maximum Gasteiger partial charge on any atom is 0.147 e. The van der Waals surface area contributed by atoms with Gasteiger partial charge in [0.15, 0.2) is 0 Å². The number of ether oxygens (including phenoxy) is 1. The number of aliphatic hydroxyl groups excluding tert-OH is 1. The number of hydrogen-bond acceptors (Lipinski definition) is 2. The van der Waals surface area contributed by atoms with Crippen molar-refractivity contribution in [2.24, 2.45) is 0 Å². The largest absolute Gasteiger partial charge is 0.456 e. The van der Waals surface area contributed by atoms with Crippen LogP contribution in [0.1, 0.15) is 5.56 Å². The Bertz CT molecular complexity index is 573. The van der Waals surface area contributed by atoms with Gasteiger partial charge in [0.1, 0.15) is 11.5 Å². The zero-order valence-corrected chi connectivity index (χ0v) is 12.3. The zero-order chi connectivity index (χ0) is 13.1. The van der Waals surface area contributed by atoms with Crippen molar-refractivity contribution in [3.05, 3.63) is 56.5 Å². The van der Waals surface area contributed by atoms with Crippen LogP contribution >= 0.6 is 39.1 Å². The molecule has 0 atom stereocenters. The van der Waals surface area contributed by atoms with Gasteiger partial charge in [0.05, 0.1) is 11.6 Å². The van der Waals surface area contributed by atoms with Gasteiger partial charge < -0.3 is 9.84 Å². The quantitative estimate of drug-likeness (QED) is 0.842. The van der Waals surface area contributed by atoms with E-state index in [0.29, 0.717) is 21.5 Å². The Hall–Kier alpha value is -0.740. The maximum atomic E-state index is 9.07. The first-order chi connectivity index (χ1) is 8.60. The van der Waals surface area contributed by atoms with E-state index in [4.69, 9.17) is 33.0 Å². The average Bonchev–Trinajstić information content (AvgIpc) is 2.34. The van der Waals surface area contributed by atoms with Crippen molar-refractivity contribution >= 4 is 39.1 Å². The third-order valence-electron chi connectivity index (χ3n) is 2.32. The molecule has 0 radical (unpaired) electrons. The highest BCUT2D eigenvalue weighted by Gasteiger charge is 2.06. The number of rotatable bonds is 3. The van der Waals surface area contributed by atoms with E-state index in [1.165, 1.54) is 0 Å². The number of benzene rings is 2. The third-order valence-corrected chi connectivity index (χ3v) is 3.60. The van der Waals surface area contributed by atoms with Crippen molar-refractivity contribution in [3.8, 4) is 11.5 Å². The van der Waals surface area contributed by atoms with Gasteiger partial charge in [-0.2, -0.15) is 0 Å². The predicted octanol–water partition coefficient (Wildman–Crippen LogP) is 5.04. The SMILES string of the molecule is OCc1ccc(Oc2cc(Cl)ccc2Cl)cc1Br. The van der Waals surface area contributed by atoms with Gasteiger partial charge in [0, 0.05) is 15.6 Å². The van der Waals surface area contributed by atoms with Crippen molar-refractivity contribution < 1.29 is 9.84 Å². The normalized spacial score (nSPS) is 10.4. The van der Waals surface area contributed by atoms with E-state index in [1.807, 2.05) is 0 Å². The molecule has 0 unspecified atom stereocenters. The molecule has 0 amide bonds. The van der Waals surface area contributed by atoms with Crippen LogP contribution in [0, 0.1) is 0 Å². The minimum atomic E-state index is -0.0290. The fourth-order valence-corrected chi connectivity index (χ4v) is 2.20. The Kier molecular flexibility index (Phi) is 4.51. The molecule has 2 aromatic rings. The molecular weight excluding hydrogens is 339 g/mol. The smallest absolute Gasteiger partial charge is 0.147 e. The Morgan fingerprint density at radius 2 is 1.89 bits per heavy atom. The Balaban J connectivity index is 2.28. The molecule has 2 nitrogen and oxygen atoms in total. The molecular formula is C13H9BrCl2O2. The van der Waals surface area contributed by atoms with Gasteiger partial charge in [-0.15, -0.1) is 0 Å². The van der Waals surface area contributed by atoms with E-state index in [2.05, 4.69) is 15.9 Å². The molecule has 0 aliphatic rings. The summed E-state index contributed by atoms with van der Waals surface area (Å²) in [7, 11) is 0. The van der Waals surface area contributed by atoms with Crippen LogP contribution in [-0.4, -0.2) is 5.11 Å². The molecule has 0 fully saturated rings. The van der Waals surface area contributed by atoms with Crippen LogP contribution in [0.2, 0.25) is 10.0 Å². The average molecular weight is 348 g/mol. The molecule has 94 valence electrons. The molecule has 0 saturated heterocycles. The second-order valence-electron chi connectivity index (χ2n) is 3.59. The molecule has 2 aromatic carbocycles. The summed E-state index contributed by atoms with van der Waals surface area (Å²) in [6.45, 7) is -0.0290. The number of aliphatic hydroxyl groups is 1. The standard InChI is InChI=1S/C13H9BrCl2O2/c14-11-6-10(3-1-8(11)7-17)18-13-5-9(15)2-4-12(13)16/h1-6,17H,7H2. The Morgan fingerprint density at radius 3 is 2.56 bits per heavy atom. The number of hydrogen-bond donors (Lipinski definition) is 1. The molecule has 0 aliphatic heterocycles. The second kappa shape index (κ2) is 5.93. The summed E-state index contributed by atoms with van der Waals surface area (Å²) in [6.07, 6.45) is 0. The summed E-state index contributed by atoms with van der Waals surface area (Å²) >= 11 is 15.2. The van der Waals surface area contributed by atoms with Crippen LogP contribution in [0.3, 0.4) is 0 Å². The van der Waals surface area contributed by atoms with Gasteiger partial charge in [-0.05, 0) is 29.8 Å². The molecule has 0 aliphatic carbocycles. The molecule has 0 saturated carbocycles. The summed E-state index contributed by atoms with van der Waals surface area (Å²) in [4.78, 5) is 0. The van der Waals surface area contributed by atoms with Crippen LogP contribution in [-0.2, 0) is 6.61 Å². The van der Waals surface area contributed by atoms with Gasteiger partial charge in [-0.3, -0.25) is 0 Å². The molecule has 18 heavy (non-hydrogen) atoms. The van der Waals surface area contributed by atoms with E-state index in [0.717, 1.165) is 10.0 Å². The third kappa shape index (κ3) is 3.18. The van der Waals surface area contributed by atoms with Crippen LogP contribution in [0.4, 0.5) is 0 Å². The summed E-state index contributed by atoms with van der Waals surface area (Å²) in [5.41, 5.74) is 0.791. The molecule has 5 heteroatoms. The lowest BCUT2D eigenvalue weighted by Crippen LogP contribution is -1.89. The van der Waals surface area contributed by atoms with Crippen molar-refractivity contribution in [2.45, 2.75) is 6.61 Å². The van der Waals surface area contributed by atoms with Crippen LogP contribution in [0.25, 0.3) is 0 Å². The van der Waals surface area contributed by atoms with E-state index in [1.54, 1.807) is 36.4 Å². The highest BCUT2D eigenvalue weighted by atomic mass is 79.9. The van der Waals surface area contributed by atoms with Gasteiger partial charge in [-0.25, -0.2) is 0 Å². The fraction of sp³-hybridized carbons (Fsp3) is 0.0769. The van der Waals surface area contributed by atoms with Gasteiger partial charge in [0.25, 0.3) is 0 Å². The first-order valence-electron chi connectivity index (χ1n) is 5.12. The minimum absolute atomic E-state index is 0.0290. The maximum absolute atomic E-state index is 9.07. The van der Waals surface area contributed by atoms with E-state index in [9.17, 15) is 0 Å². The van der Waals surface area contributed by atoms with E-state index in [-0.39, 0.29) is 6.61 Å². The van der Waals surface area contributed by atoms with Gasteiger partial charge in [-0.1, -0.05) is 45.2 Å². The van der Waals surface area contributed by atoms with Crippen molar-refractivity contribution in [1.82, 2.24) is 0 Å². The Morgan fingerprint density at radius 1 is 1.11 bits per heavy atom. The molecule has 0 heterocycles. The molecule has 2 rings (SSSR count). The summed E-state index contributed by atoms with van der Waals surface area (Å²) in [5, 5.41) is 10.1. The highest BCUT2D eigenvalue weighted by Crippen LogP contribution is 2.33. The minimum Gasteiger partial charge on any atom is -0.456 e. The predicted molar refractivity (Wildman–Crippen MR) is 76.6 cm³/mol. The molecule has 0 aromatic heterocycles. The summed E-state index contributed by atoms with van der Waals surface area (Å²) in [5.74, 6) is 1.11. The van der Waals surface area contributed by atoms with E-state index < -0.39 is 0 Å². The van der Waals surface area contributed by atoms with Crippen molar-refractivity contribution in [2.75, 3.05) is 0 Å². The first-order valence-corrected chi connectivity index (χ1v) is 6.67. The van der Waals surface area contributed by atoms with Crippen molar-refractivity contribution in [3.63, 3.8) is 0 Å². The molecule has 1 N–H and O–H groups in total. The van der Waals surface area contributed by atoms with Crippen LogP contribution in [0.5, 0.6) is 11.5 Å². The Labute approximate surface area is 123 Å². The van der Waals surface area contributed by atoms with Crippen molar-refractivity contribution in [1.29, 1.82) is 0 Å². The lowest BCUT2D eigenvalue weighted by molar-refractivity contribution is 0.281. The lowest BCUT2D eigenvalue weighted by Gasteiger charge is -2.09. The van der Waals surface area contributed by atoms with Gasteiger partial charge >= 0.3 is 0 Å². The zero-order valence-electron chi connectivity index (χ0n) is 9.16. The van der Waals surface area contributed by atoms with Gasteiger partial charge in [0.2, 0.25) is 0 Å². The lowest BCUT2D eigenvalue weighted by atomic mass is 10.2. The summed E-state index contributed by atoms with van der Waals surface area (Å²) in [6, 6.07) is 10.3. The molecule has 0 bridgehead atoms.